The van der Waals surface area contributed by atoms with Crippen LogP contribution < -0.4 is 5.32 Å². The summed E-state index contributed by atoms with van der Waals surface area (Å²) < 4.78 is 53.0. The van der Waals surface area contributed by atoms with Gasteiger partial charge in [0.1, 0.15) is 10.3 Å². The molecule has 158 valence electrons. The Balaban J connectivity index is 1.82. The van der Waals surface area contributed by atoms with Crippen molar-refractivity contribution < 1.29 is 21.6 Å². The molecule has 0 spiro atoms. The topological polar surface area (TPSA) is 104 Å². The van der Waals surface area contributed by atoms with E-state index in [0.29, 0.717) is 17.2 Å². The van der Waals surface area contributed by atoms with E-state index in [-0.39, 0.29) is 21.3 Å². The molecular formula is C17H20ClN3O5S3. The van der Waals surface area contributed by atoms with Crippen LogP contribution in [0.4, 0.5) is 5.69 Å². The maximum atomic E-state index is 12.9. The fourth-order valence-electron chi connectivity index (χ4n) is 3.01. The SMILES string of the molecule is CN(C)S(=O)(=O)c1cccc(NC(=O)[C@@H]2CCCN2S(=O)(=O)c2ccc(Cl)s2)c1. The maximum Gasteiger partial charge on any atom is 0.253 e. The largest absolute Gasteiger partial charge is 0.325 e. The van der Waals surface area contributed by atoms with Crippen LogP contribution in [0.25, 0.3) is 0 Å². The second-order valence-corrected chi connectivity index (χ2v) is 12.6. The Bertz CT molecular complexity index is 1130. The fraction of sp³-hybridized carbons (Fsp3) is 0.353. The van der Waals surface area contributed by atoms with Crippen molar-refractivity contribution >= 4 is 54.6 Å². The van der Waals surface area contributed by atoms with Crippen molar-refractivity contribution in [2.24, 2.45) is 0 Å². The minimum Gasteiger partial charge on any atom is -0.325 e. The zero-order chi connectivity index (χ0) is 21.4. The van der Waals surface area contributed by atoms with Crippen molar-refractivity contribution in [1.82, 2.24) is 8.61 Å². The molecule has 1 atom stereocenters. The minimum absolute atomic E-state index is 0.0319. The number of carbonyl (C=O) groups is 1. The molecule has 1 saturated heterocycles. The van der Waals surface area contributed by atoms with E-state index in [1.165, 1.54) is 48.7 Å². The van der Waals surface area contributed by atoms with Gasteiger partial charge in [-0.15, -0.1) is 11.3 Å². The smallest absolute Gasteiger partial charge is 0.253 e. The maximum absolute atomic E-state index is 12.9. The van der Waals surface area contributed by atoms with E-state index in [9.17, 15) is 21.6 Å². The number of benzene rings is 1. The summed E-state index contributed by atoms with van der Waals surface area (Å²) in [6.07, 6.45) is 0.922. The second kappa shape index (κ2) is 8.32. The van der Waals surface area contributed by atoms with E-state index in [1.54, 1.807) is 6.07 Å². The van der Waals surface area contributed by atoms with E-state index in [2.05, 4.69) is 5.32 Å². The Morgan fingerprint density at radius 2 is 1.93 bits per heavy atom. The first kappa shape index (κ1) is 22.2. The molecule has 8 nitrogen and oxygen atoms in total. The lowest BCUT2D eigenvalue weighted by molar-refractivity contribution is -0.119. The summed E-state index contributed by atoms with van der Waals surface area (Å²) in [4.78, 5) is 12.8. The summed E-state index contributed by atoms with van der Waals surface area (Å²) in [5, 5.41) is 2.64. The number of sulfonamides is 2. The normalized spacial score (nSPS) is 18.3. The van der Waals surface area contributed by atoms with Gasteiger partial charge in [-0.2, -0.15) is 4.31 Å². The first-order chi connectivity index (χ1) is 13.5. The van der Waals surface area contributed by atoms with Crippen LogP contribution in [0.3, 0.4) is 0 Å². The lowest BCUT2D eigenvalue weighted by Crippen LogP contribution is -2.42. The summed E-state index contributed by atoms with van der Waals surface area (Å²) in [6, 6.07) is 7.89. The Morgan fingerprint density at radius 3 is 2.55 bits per heavy atom. The van der Waals surface area contributed by atoms with E-state index < -0.39 is 32.0 Å². The van der Waals surface area contributed by atoms with Crippen LogP contribution in [0.15, 0.2) is 45.5 Å². The van der Waals surface area contributed by atoms with Gasteiger partial charge in [-0.05, 0) is 43.2 Å². The molecule has 1 aromatic heterocycles. The lowest BCUT2D eigenvalue weighted by Gasteiger charge is -2.22. The molecule has 1 aliphatic rings. The summed E-state index contributed by atoms with van der Waals surface area (Å²) in [7, 11) is -4.67. The molecule has 2 heterocycles. The van der Waals surface area contributed by atoms with Gasteiger partial charge in [0.25, 0.3) is 10.0 Å². The molecule has 1 aliphatic heterocycles. The zero-order valence-corrected chi connectivity index (χ0v) is 18.9. The standard InChI is InChI=1S/C17H20ClN3O5S3/c1-20(2)28(23,24)13-6-3-5-12(11-13)19-17(22)14-7-4-10-21(14)29(25,26)16-9-8-15(18)27-16/h3,5-6,8-9,11,14H,4,7,10H2,1-2H3,(H,19,22)/t14-/m0/s1. The van der Waals surface area contributed by atoms with Gasteiger partial charge in [-0.25, -0.2) is 21.1 Å². The third-order valence-corrected chi connectivity index (χ3v) is 9.92. The number of hydrogen-bond donors (Lipinski definition) is 1. The van der Waals surface area contributed by atoms with Gasteiger partial charge in [0.2, 0.25) is 15.9 Å². The molecule has 3 rings (SSSR count). The highest BCUT2D eigenvalue weighted by atomic mass is 35.5. The number of hydrogen-bond acceptors (Lipinski definition) is 6. The van der Waals surface area contributed by atoms with Gasteiger partial charge in [0.05, 0.1) is 9.23 Å². The van der Waals surface area contributed by atoms with Gasteiger partial charge in [0.15, 0.2) is 0 Å². The van der Waals surface area contributed by atoms with Crippen molar-refractivity contribution in [3.8, 4) is 0 Å². The van der Waals surface area contributed by atoms with Gasteiger partial charge in [-0.1, -0.05) is 17.7 Å². The van der Waals surface area contributed by atoms with Gasteiger partial charge in [0, 0.05) is 26.3 Å². The van der Waals surface area contributed by atoms with Crippen molar-refractivity contribution in [1.29, 1.82) is 0 Å². The predicted octanol–water partition coefficient (Wildman–Crippen LogP) is 2.44. The number of anilines is 1. The molecule has 1 N–H and O–H groups in total. The molecular weight excluding hydrogens is 458 g/mol. The molecule has 0 bridgehead atoms. The van der Waals surface area contributed by atoms with Crippen LogP contribution in [-0.4, -0.2) is 58.0 Å². The predicted molar refractivity (Wildman–Crippen MR) is 112 cm³/mol. The monoisotopic (exact) mass is 477 g/mol. The van der Waals surface area contributed by atoms with Crippen LogP contribution in [0, 0.1) is 0 Å². The van der Waals surface area contributed by atoms with E-state index in [4.69, 9.17) is 11.6 Å². The Labute approximate surface area is 179 Å². The molecule has 0 aliphatic carbocycles. The third kappa shape index (κ3) is 4.49. The average molecular weight is 478 g/mol. The Kier molecular flexibility index (Phi) is 6.37. The fourth-order valence-corrected chi connectivity index (χ4v) is 7.23. The van der Waals surface area contributed by atoms with E-state index in [0.717, 1.165) is 15.6 Å². The number of rotatable bonds is 6. The quantitative estimate of drug-likeness (QED) is 0.688. The molecule has 1 fully saturated rings. The number of amides is 1. The van der Waals surface area contributed by atoms with Gasteiger partial charge in [-0.3, -0.25) is 4.79 Å². The number of halogens is 1. The summed E-state index contributed by atoms with van der Waals surface area (Å²) in [5.41, 5.74) is 0.279. The summed E-state index contributed by atoms with van der Waals surface area (Å²) in [6.45, 7) is 0.227. The molecule has 29 heavy (non-hydrogen) atoms. The number of nitrogens with one attached hydrogen (secondary N) is 1. The first-order valence-corrected chi connectivity index (χ1v) is 12.7. The Hall–Kier alpha value is -1.50. The minimum atomic E-state index is -3.84. The zero-order valence-electron chi connectivity index (χ0n) is 15.7. The Morgan fingerprint density at radius 1 is 1.21 bits per heavy atom. The van der Waals surface area contributed by atoms with Gasteiger partial charge < -0.3 is 5.32 Å². The second-order valence-electron chi connectivity index (χ2n) is 6.64. The highest BCUT2D eigenvalue weighted by Gasteiger charge is 2.40. The number of thiophene rings is 1. The van der Waals surface area contributed by atoms with Crippen molar-refractivity contribution in [2.45, 2.75) is 28.0 Å². The molecule has 12 heteroatoms. The van der Waals surface area contributed by atoms with Crippen LogP contribution in [0.1, 0.15) is 12.8 Å². The highest BCUT2D eigenvalue weighted by molar-refractivity contribution is 7.91. The highest BCUT2D eigenvalue weighted by Crippen LogP contribution is 2.32. The van der Waals surface area contributed by atoms with Crippen molar-refractivity contribution in [3.63, 3.8) is 0 Å². The van der Waals surface area contributed by atoms with Crippen molar-refractivity contribution in [2.75, 3.05) is 26.0 Å². The van der Waals surface area contributed by atoms with E-state index in [1.807, 2.05) is 0 Å². The van der Waals surface area contributed by atoms with E-state index >= 15 is 0 Å². The van der Waals surface area contributed by atoms with Crippen LogP contribution in [-0.2, 0) is 24.8 Å². The third-order valence-electron chi connectivity index (χ3n) is 4.50. The van der Waals surface area contributed by atoms with Crippen molar-refractivity contribution in [3.05, 3.63) is 40.7 Å². The molecule has 2 aromatic rings. The summed E-state index contributed by atoms with van der Waals surface area (Å²) in [5.74, 6) is -0.506. The average Bonchev–Trinajstić information content (AvgIpc) is 3.31. The van der Waals surface area contributed by atoms with Crippen LogP contribution in [0.5, 0.6) is 0 Å². The number of carbonyl (C=O) groups excluding carboxylic acids is 1. The first-order valence-electron chi connectivity index (χ1n) is 8.64. The van der Waals surface area contributed by atoms with Crippen LogP contribution in [0.2, 0.25) is 4.34 Å². The molecule has 0 radical (unpaired) electrons. The van der Waals surface area contributed by atoms with Gasteiger partial charge >= 0.3 is 0 Å². The number of nitrogens with zero attached hydrogens (tertiary/aromatic N) is 2. The molecule has 0 saturated carbocycles. The molecule has 0 unspecified atom stereocenters. The van der Waals surface area contributed by atoms with Crippen LogP contribution >= 0.6 is 22.9 Å². The molecule has 1 amide bonds. The summed E-state index contributed by atoms with van der Waals surface area (Å²) >= 11 is 6.80. The molecule has 1 aromatic carbocycles. The lowest BCUT2D eigenvalue weighted by atomic mass is 10.2.